The predicted octanol–water partition coefficient (Wildman–Crippen LogP) is 2.44. The minimum Gasteiger partial charge on any atom is -0.340 e. The summed E-state index contributed by atoms with van der Waals surface area (Å²) >= 11 is 0. The molecule has 3 aliphatic heterocycles. The highest BCUT2D eigenvalue weighted by Gasteiger charge is 2.62. The number of likely N-dealkylation sites (tertiary alicyclic amines) is 1. The van der Waals surface area contributed by atoms with Gasteiger partial charge >= 0.3 is 0 Å². The lowest BCUT2D eigenvalue weighted by atomic mass is 9.67. The molecule has 7 nitrogen and oxygen atoms in total. The lowest BCUT2D eigenvalue weighted by molar-refractivity contribution is -0.144. The Morgan fingerprint density at radius 3 is 2.20 bits per heavy atom. The molecule has 0 N–H and O–H groups in total. The molecule has 1 spiro atoms. The fraction of sp³-hybridized carbons (Fsp3) is 0.444. The number of carbonyl (C=O) groups excluding carboxylic acids is 3. The van der Waals surface area contributed by atoms with Gasteiger partial charge in [0.05, 0.1) is 11.5 Å². The first kappa shape index (κ1) is 23.5. The van der Waals surface area contributed by atoms with Crippen LogP contribution in [0.5, 0.6) is 0 Å². The summed E-state index contributed by atoms with van der Waals surface area (Å²) in [6.07, 6.45) is 0. The van der Waals surface area contributed by atoms with E-state index in [0.29, 0.717) is 24.2 Å². The van der Waals surface area contributed by atoms with Gasteiger partial charge in [-0.2, -0.15) is 0 Å². The number of piperazine rings is 1. The van der Waals surface area contributed by atoms with Gasteiger partial charge in [0.2, 0.25) is 5.91 Å². The van der Waals surface area contributed by atoms with Crippen molar-refractivity contribution in [1.29, 1.82) is 0 Å². The van der Waals surface area contributed by atoms with E-state index in [2.05, 4.69) is 4.90 Å². The van der Waals surface area contributed by atoms with E-state index in [-0.39, 0.29) is 36.9 Å². The van der Waals surface area contributed by atoms with E-state index in [1.807, 2.05) is 48.9 Å². The smallest absolute Gasteiger partial charge is 0.255 e. The first-order chi connectivity index (χ1) is 16.7. The van der Waals surface area contributed by atoms with E-state index >= 15 is 0 Å². The first-order valence-corrected chi connectivity index (χ1v) is 12.2. The number of halogens is 1. The fourth-order valence-electron chi connectivity index (χ4n) is 5.89. The van der Waals surface area contributed by atoms with Crippen molar-refractivity contribution in [3.63, 3.8) is 0 Å². The molecule has 0 aliphatic carbocycles. The second kappa shape index (κ2) is 8.75. The molecule has 5 rings (SSSR count). The Labute approximate surface area is 205 Å². The molecule has 0 saturated carbocycles. The zero-order chi connectivity index (χ0) is 24.9. The highest BCUT2D eigenvalue weighted by molar-refractivity contribution is 6.03. The monoisotopic (exact) mass is 478 g/mol. The van der Waals surface area contributed by atoms with Crippen LogP contribution in [0.3, 0.4) is 0 Å². The summed E-state index contributed by atoms with van der Waals surface area (Å²) in [5, 5.41) is 0. The third kappa shape index (κ3) is 3.80. The van der Waals surface area contributed by atoms with Crippen LogP contribution in [0, 0.1) is 5.82 Å². The molecule has 8 heteroatoms. The lowest BCUT2D eigenvalue weighted by Crippen LogP contribution is -2.78. The van der Waals surface area contributed by atoms with Crippen LogP contribution in [0.4, 0.5) is 4.39 Å². The second-order valence-electron chi connectivity index (χ2n) is 10.2. The third-order valence-corrected chi connectivity index (χ3v) is 7.62. The van der Waals surface area contributed by atoms with Crippen LogP contribution in [0.1, 0.15) is 46.0 Å². The average molecular weight is 479 g/mol. The zero-order valence-corrected chi connectivity index (χ0v) is 20.4. The molecule has 184 valence electrons. The zero-order valence-electron chi connectivity index (χ0n) is 20.4. The van der Waals surface area contributed by atoms with Crippen molar-refractivity contribution in [1.82, 2.24) is 19.6 Å². The van der Waals surface area contributed by atoms with E-state index in [1.54, 1.807) is 11.0 Å². The van der Waals surface area contributed by atoms with Crippen molar-refractivity contribution in [2.24, 2.45) is 0 Å². The van der Waals surface area contributed by atoms with Crippen LogP contribution in [-0.4, -0.2) is 95.2 Å². The maximum atomic E-state index is 14.1. The first-order valence-electron chi connectivity index (χ1n) is 12.2. The van der Waals surface area contributed by atoms with E-state index < -0.39 is 17.3 Å². The van der Waals surface area contributed by atoms with Gasteiger partial charge in [-0.3, -0.25) is 14.4 Å². The largest absolute Gasteiger partial charge is 0.340 e. The molecule has 3 aliphatic rings. The van der Waals surface area contributed by atoms with Gasteiger partial charge in [0, 0.05) is 56.4 Å². The minimum absolute atomic E-state index is 0.0116. The summed E-state index contributed by atoms with van der Waals surface area (Å²) in [5.74, 6) is -1.28. The molecule has 0 radical (unpaired) electrons. The standard InChI is InChI=1S/C27H31FN4O3/c1-18(2)32-25(34)22-7-5-4-6-21(22)23(26(35)30-14-12-29(3)13-15-30)27(32)16-31(17-27)24(33)19-8-10-20(28)11-9-19/h4-11,18,23H,12-17H2,1-3H3. The van der Waals surface area contributed by atoms with Crippen molar-refractivity contribution < 1.29 is 18.8 Å². The van der Waals surface area contributed by atoms with E-state index in [9.17, 15) is 18.8 Å². The Morgan fingerprint density at radius 2 is 1.57 bits per heavy atom. The minimum atomic E-state index is -0.824. The fourth-order valence-corrected chi connectivity index (χ4v) is 5.89. The Kier molecular flexibility index (Phi) is 5.87. The summed E-state index contributed by atoms with van der Waals surface area (Å²) in [4.78, 5) is 48.6. The molecular weight excluding hydrogens is 447 g/mol. The van der Waals surface area contributed by atoms with Gasteiger partial charge in [-0.1, -0.05) is 18.2 Å². The van der Waals surface area contributed by atoms with Crippen LogP contribution in [0.25, 0.3) is 0 Å². The van der Waals surface area contributed by atoms with E-state index in [0.717, 1.165) is 18.7 Å². The second-order valence-corrected chi connectivity index (χ2v) is 10.2. The van der Waals surface area contributed by atoms with Crippen molar-refractivity contribution in [3.05, 3.63) is 71.0 Å². The molecule has 35 heavy (non-hydrogen) atoms. The number of nitrogens with zero attached hydrogens (tertiary/aromatic N) is 4. The Balaban J connectivity index is 1.53. The quantitative estimate of drug-likeness (QED) is 0.680. The summed E-state index contributed by atoms with van der Waals surface area (Å²) < 4.78 is 13.4. The van der Waals surface area contributed by atoms with Gasteiger partial charge < -0.3 is 19.6 Å². The summed E-state index contributed by atoms with van der Waals surface area (Å²) in [6.45, 7) is 7.29. The van der Waals surface area contributed by atoms with Crippen LogP contribution in [0.15, 0.2) is 48.5 Å². The number of rotatable bonds is 3. The topological polar surface area (TPSA) is 64.2 Å². The van der Waals surface area contributed by atoms with Crippen LogP contribution < -0.4 is 0 Å². The molecule has 1 atom stereocenters. The van der Waals surface area contributed by atoms with Crippen molar-refractivity contribution in [2.45, 2.75) is 31.3 Å². The number of carbonyl (C=O) groups is 3. The van der Waals surface area contributed by atoms with Crippen LogP contribution in [-0.2, 0) is 4.79 Å². The molecular formula is C27H31FN4O3. The normalized spacial score (nSPS) is 21.8. The number of fused-ring (bicyclic) bond motifs is 1. The molecule has 0 aromatic heterocycles. The maximum absolute atomic E-state index is 14.1. The average Bonchev–Trinajstić information content (AvgIpc) is 2.82. The summed E-state index contributed by atoms with van der Waals surface area (Å²) in [6, 6.07) is 12.7. The number of benzene rings is 2. The van der Waals surface area contributed by atoms with Crippen molar-refractivity contribution >= 4 is 17.7 Å². The third-order valence-electron chi connectivity index (χ3n) is 7.62. The van der Waals surface area contributed by atoms with Gasteiger partial charge in [0.15, 0.2) is 0 Å². The van der Waals surface area contributed by atoms with Gasteiger partial charge in [0.25, 0.3) is 11.8 Å². The van der Waals surface area contributed by atoms with Crippen LogP contribution >= 0.6 is 0 Å². The molecule has 3 heterocycles. The van der Waals surface area contributed by atoms with Gasteiger partial charge in [-0.05, 0) is 56.8 Å². The summed E-state index contributed by atoms with van der Waals surface area (Å²) in [5.41, 5.74) is 0.868. The SMILES string of the molecule is CC(C)N1C(=O)c2ccccc2C(C(=O)N2CCN(C)CC2)C12CN(C(=O)c1ccc(F)cc1)C2. The lowest BCUT2D eigenvalue weighted by Gasteiger charge is -2.62. The molecule has 2 fully saturated rings. The Bertz CT molecular complexity index is 1150. The number of amides is 3. The van der Waals surface area contributed by atoms with Crippen molar-refractivity contribution in [3.8, 4) is 0 Å². The molecule has 0 bridgehead atoms. The van der Waals surface area contributed by atoms with Crippen LogP contribution in [0.2, 0.25) is 0 Å². The molecule has 2 aromatic rings. The maximum Gasteiger partial charge on any atom is 0.255 e. The Hall–Kier alpha value is -3.26. The van der Waals surface area contributed by atoms with Gasteiger partial charge in [-0.15, -0.1) is 0 Å². The van der Waals surface area contributed by atoms with Gasteiger partial charge in [0.1, 0.15) is 5.82 Å². The molecule has 2 saturated heterocycles. The molecule has 3 amide bonds. The predicted molar refractivity (Wildman–Crippen MR) is 130 cm³/mol. The number of likely N-dealkylation sites (N-methyl/N-ethyl adjacent to an activating group) is 1. The van der Waals surface area contributed by atoms with Crippen molar-refractivity contribution in [2.75, 3.05) is 46.3 Å². The highest BCUT2D eigenvalue weighted by atomic mass is 19.1. The van der Waals surface area contributed by atoms with E-state index in [4.69, 9.17) is 0 Å². The highest BCUT2D eigenvalue weighted by Crippen LogP contribution is 2.48. The van der Waals surface area contributed by atoms with Gasteiger partial charge in [-0.25, -0.2) is 4.39 Å². The van der Waals surface area contributed by atoms with E-state index in [1.165, 1.54) is 24.3 Å². The molecule has 1 unspecified atom stereocenters. The number of hydrogen-bond acceptors (Lipinski definition) is 4. The Morgan fingerprint density at radius 1 is 0.943 bits per heavy atom. The number of hydrogen-bond donors (Lipinski definition) is 0. The molecule has 2 aromatic carbocycles. The summed E-state index contributed by atoms with van der Waals surface area (Å²) in [7, 11) is 2.04.